The van der Waals surface area contributed by atoms with Gasteiger partial charge in [-0.3, -0.25) is 4.79 Å². The summed E-state index contributed by atoms with van der Waals surface area (Å²) in [7, 11) is -3.64. The van der Waals surface area contributed by atoms with Crippen molar-refractivity contribution in [2.75, 3.05) is 25.0 Å². The Morgan fingerprint density at radius 2 is 1.79 bits per heavy atom. The van der Waals surface area contributed by atoms with Crippen molar-refractivity contribution in [3.63, 3.8) is 0 Å². The Morgan fingerprint density at radius 3 is 2.36 bits per heavy atom. The van der Waals surface area contributed by atoms with Crippen LogP contribution in [0, 0.1) is 0 Å². The Bertz CT molecular complexity index is 899. The van der Waals surface area contributed by atoms with E-state index in [1.165, 1.54) is 12.5 Å². The predicted molar refractivity (Wildman–Crippen MR) is 113 cm³/mol. The molecule has 0 saturated carbocycles. The molecule has 28 heavy (non-hydrogen) atoms. The number of hydrogen-bond donors (Lipinski definition) is 2. The van der Waals surface area contributed by atoms with Gasteiger partial charge in [0.1, 0.15) is 0 Å². The molecule has 2 aromatic carbocycles. The number of benzene rings is 2. The molecule has 3 rings (SSSR count). The van der Waals surface area contributed by atoms with Crippen LogP contribution >= 0.6 is 12.4 Å². The highest BCUT2D eigenvalue weighted by atomic mass is 35.5. The van der Waals surface area contributed by atoms with Crippen molar-refractivity contribution in [1.82, 2.24) is 9.62 Å². The van der Waals surface area contributed by atoms with Crippen LogP contribution in [0.5, 0.6) is 0 Å². The van der Waals surface area contributed by atoms with E-state index in [-0.39, 0.29) is 29.3 Å². The average molecular weight is 424 g/mol. The molecule has 1 atom stereocenters. The molecule has 2 N–H and O–H groups in total. The van der Waals surface area contributed by atoms with Crippen molar-refractivity contribution >= 4 is 34.0 Å². The van der Waals surface area contributed by atoms with Gasteiger partial charge in [-0.15, -0.1) is 12.4 Å². The van der Waals surface area contributed by atoms with Crippen LogP contribution in [0.4, 0.5) is 5.69 Å². The third-order valence-corrected chi connectivity index (χ3v) is 6.67. The minimum atomic E-state index is -3.64. The molecule has 1 saturated heterocycles. The molecule has 2 aromatic rings. The summed E-state index contributed by atoms with van der Waals surface area (Å²) >= 11 is 0. The molecule has 6 nitrogen and oxygen atoms in total. The molecule has 152 valence electrons. The number of carbonyl (C=O) groups is 1. The van der Waals surface area contributed by atoms with Crippen LogP contribution in [0.2, 0.25) is 0 Å². The van der Waals surface area contributed by atoms with E-state index in [9.17, 15) is 13.2 Å². The van der Waals surface area contributed by atoms with Crippen molar-refractivity contribution in [2.45, 2.75) is 31.2 Å². The number of carbonyl (C=O) groups excluding carboxylic acids is 1. The molecule has 1 aliphatic heterocycles. The third kappa shape index (κ3) is 4.91. The van der Waals surface area contributed by atoms with Crippen LogP contribution in [-0.2, 0) is 21.2 Å². The minimum Gasteiger partial charge on any atom is -0.326 e. The Kier molecular flexibility index (Phi) is 7.60. The number of amides is 1. The van der Waals surface area contributed by atoms with Crippen molar-refractivity contribution in [1.29, 1.82) is 0 Å². The van der Waals surface area contributed by atoms with E-state index in [1.54, 1.807) is 28.6 Å². The zero-order chi connectivity index (χ0) is 19.4. The van der Waals surface area contributed by atoms with Crippen molar-refractivity contribution < 1.29 is 13.2 Å². The number of piperazine rings is 1. The van der Waals surface area contributed by atoms with Gasteiger partial charge < -0.3 is 10.6 Å². The maximum Gasteiger partial charge on any atom is 0.243 e. The fourth-order valence-corrected chi connectivity index (χ4v) is 4.90. The van der Waals surface area contributed by atoms with Gasteiger partial charge in [-0.2, -0.15) is 4.31 Å². The summed E-state index contributed by atoms with van der Waals surface area (Å²) in [4.78, 5) is 11.4. The summed E-state index contributed by atoms with van der Waals surface area (Å²) in [5.74, 6) is -0.191. The Morgan fingerprint density at radius 1 is 1.14 bits per heavy atom. The van der Waals surface area contributed by atoms with E-state index in [0.29, 0.717) is 25.3 Å². The van der Waals surface area contributed by atoms with E-state index in [4.69, 9.17) is 0 Å². The molecule has 0 spiro atoms. The predicted octanol–water partition coefficient (Wildman–Crippen LogP) is 2.96. The van der Waals surface area contributed by atoms with Crippen LogP contribution in [-0.4, -0.2) is 38.3 Å². The van der Waals surface area contributed by atoms with Crippen molar-refractivity contribution in [3.05, 3.63) is 59.7 Å². The number of nitrogens with one attached hydrogen (secondary N) is 2. The maximum absolute atomic E-state index is 13.2. The maximum atomic E-state index is 13.2. The van der Waals surface area contributed by atoms with Crippen molar-refractivity contribution in [3.8, 4) is 0 Å². The van der Waals surface area contributed by atoms with Gasteiger partial charge in [-0.1, -0.05) is 31.2 Å². The fourth-order valence-electron chi connectivity index (χ4n) is 3.28. The number of sulfonamides is 1. The first-order valence-corrected chi connectivity index (χ1v) is 10.5. The smallest absolute Gasteiger partial charge is 0.243 e. The van der Waals surface area contributed by atoms with Crippen LogP contribution in [0.3, 0.4) is 0 Å². The van der Waals surface area contributed by atoms with Gasteiger partial charge in [-0.05, 0) is 41.8 Å². The standard InChI is InChI=1S/C20H25N3O3S.ClH/c1-3-16-4-6-17(7-5-16)20-14-21-12-13-23(20)27(25,26)19-10-8-18(9-11-19)22-15(2)24;/h4-11,20-21H,3,12-14H2,1-2H3,(H,22,24);1H. The molecule has 1 unspecified atom stereocenters. The van der Waals surface area contributed by atoms with Crippen LogP contribution in [0.15, 0.2) is 53.4 Å². The number of halogens is 1. The molecular formula is C20H26ClN3O3S. The van der Waals surface area contributed by atoms with Crippen LogP contribution in [0.25, 0.3) is 0 Å². The number of hydrogen-bond acceptors (Lipinski definition) is 4. The first-order chi connectivity index (χ1) is 12.9. The van der Waals surface area contributed by atoms with Crippen molar-refractivity contribution in [2.24, 2.45) is 0 Å². The molecule has 1 amide bonds. The van der Waals surface area contributed by atoms with E-state index in [1.807, 2.05) is 12.1 Å². The Hall–Kier alpha value is -1.93. The molecule has 1 fully saturated rings. The molecule has 8 heteroatoms. The summed E-state index contributed by atoms with van der Waals surface area (Å²) in [6, 6.07) is 14.2. The lowest BCUT2D eigenvalue weighted by atomic mass is 10.0. The molecule has 0 aliphatic carbocycles. The monoisotopic (exact) mass is 423 g/mol. The lowest BCUT2D eigenvalue weighted by Gasteiger charge is -2.35. The highest BCUT2D eigenvalue weighted by Gasteiger charge is 2.34. The van der Waals surface area contributed by atoms with Gasteiger partial charge in [0.15, 0.2) is 0 Å². The summed E-state index contributed by atoms with van der Waals surface area (Å²) in [6.07, 6.45) is 0.950. The zero-order valence-electron chi connectivity index (χ0n) is 16.0. The number of aryl methyl sites for hydroxylation is 1. The lowest BCUT2D eigenvalue weighted by molar-refractivity contribution is -0.114. The van der Waals surface area contributed by atoms with Gasteiger partial charge in [0.25, 0.3) is 0 Å². The molecule has 1 aliphatic rings. The fraction of sp³-hybridized carbons (Fsp3) is 0.350. The topological polar surface area (TPSA) is 78.5 Å². The summed E-state index contributed by atoms with van der Waals surface area (Å²) < 4.78 is 28.0. The Labute approximate surface area is 172 Å². The second kappa shape index (κ2) is 9.52. The molecule has 1 heterocycles. The number of rotatable bonds is 5. The van der Waals surface area contributed by atoms with E-state index in [2.05, 4.69) is 29.7 Å². The molecular weight excluding hydrogens is 398 g/mol. The van der Waals surface area contributed by atoms with Gasteiger partial charge >= 0.3 is 0 Å². The Balaban J connectivity index is 0.00000280. The van der Waals surface area contributed by atoms with E-state index >= 15 is 0 Å². The quantitative estimate of drug-likeness (QED) is 0.774. The first kappa shape index (κ1) is 22.4. The normalized spacial score (nSPS) is 17.6. The second-order valence-electron chi connectivity index (χ2n) is 6.64. The van der Waals surface area contributed by atoms with Gasteiger partial charge in [0.05, 0.1) is 10.9 Å². The highest BCUT2D eigenvalue weighted by molar-refractivity contribution is 7.89. The lowest BCUT2D eigenvalue weighted by Crippen LogP contribution is -2.48. The number of anilines is 1. The van der Waals surface area contributed by atoms with E-state index < -0.39 is 10.0 Å². The van der Waals surface area contributed by atoms with Gasteiger partial charge in [-0.25, -0.2) is 8.42 Å². The summed E-state index contributed by atoms with van der Waals surface area (Å²) in [5, 5.41) is 5.94. The van der Waals surface area contributed by atoms with Crippen LogP contribution in [0.1, 0.15) is 31.0 Å². The molecule has 0 radical (unpaired) electrons. The highest BCUT2D eigenvalue weighted by Crippen LogP contribution is 2.29. The largest absolute Gasteiger partial charge is 0.326 e. The average Bonchev–Trinajstić information content (AvgIpc) is 2.68. The molecule has 0 bridgehead atoms. The van der Waals surface area contributed by atoms with Crippen LogP contribution < -0.4 is 10.6 Å². The SMILES string of the molecule is CCc1ccc(C2CNCCN2S(=O)(=O)c2ccc(NC(C)=O)cc2)cc1.Cl. The summed E-state index contributed by atoms with van der Waals surface area (Å²) in [5.41, 5.74) is 2.79. The third-order valence-electron chi connectivity index (χ3n) is 4.75. The van der Waals surface area contributed by atoms with E-state index in [0.717, 1.165) is 12.0 Å². The minimum absolute atomic E-state index is 0. The molecule has 0 aromatic heterocycles. The summed E-state index contributed by atoms with van der Waals surface area (Å²) in [6.45, 7) is 5.12. The zero-order valence-corrected chi connectivity index (χ0v) is 17.6. The van der Waals surface area contributed by atoms with Gasteiger partial charge in [0.2, 0.25) is 15.9 Å². The number of nitrogens with zero attached hydrogens (tertiary/aromatic N) is 1. The second-order valence-corrected chi connectivity index (χ2v) is 8.53. The van der Waals surface area contributed by atoms with Gasteiger partial charge in [0, 0.05) is 32.2 Å². The first-order valence-electron chi connectivity index (χ1n) is 9.11.